The second kappa shape index (κ2) is 5.61. The molecule has 2 heterocycles. The SMILES string of the molecule is CNC(c1cc(C)nc(C)c1)C1CCOCC1. The molecule has 1 N–H and O–H groups in total. The van der Waals surface area contributed by atoms with E-state index in [1.165, 1.54) is 5.56 Å². The molecular formula is C14H22N2O. The monoisotopic (exact) mass is 234 g/mol. The largest absolute Gasteiger partial charge is 0.381 e. The first-order valence-electron chi connectivity index (χ1n) is 6.41. The molecule has 1 saturated heterocycles. The number of aryl methyl sites for hydroxylation is 2. The zero-order valence-corrected chi connectivity index (χ0v) is 11.0. The van der Waals surface area contributed by atoms with Crippen LogP contribution in [0.15, 0.2) is 12.1 Å². The fourth-order valence-corrected chi connectivity index (χ4v) is 2.77. The number of nitrogens with one attached hydrogen (secondary N) is 1. The van der Waals surface area contributed by atoms with Crippen molar-refractivity contribution in [1.29, 1.82) is 0 Å². The van der Waals surface area contributed by atoms with E-state index in [1.54, 1.807) is 0 Å². The molecule has 94 valence electrons. The first-order valence-corrected chi connectivity index (χ1v) is 6.41. The van der Waals surface area contributed by atoms with Gasteiger partial charge in [-0.1, -0.05) is 0 Å². The molecule has 0 radical (unpaired) electrons. The zero-order chi connectivity index (χ0) is 12.3. The molecule has 1 aromatic rings. The van der Waals surface area contributed by atoms with E-state index in [2.05, 4.69) is 36.3 Å². The molecule has 2 rings (SSSR count). The molecule has 0 spiro atoms. The van der Waals surface area contributed by atoms with Crippen LogP contribution < -0.4 is 5.32 Å². The minimum atomic E-state index is 0.430. The normalized spacial score (nSPS) is 19.2. The molecular weight excluding hydrogens is 212 g/mol. The molecule has 3 heteroatoms. The van der Waals surface area contributed by atoms with Crippen molar-refractivity contribution in [3.63, 3.8) is 0 Å². The summed E-state index contributed by atoms with van der Waals surface area (Å²) >= 11 is 0. The highest BCUT2D eigenvalue weighted by molar-refractivity contribution is 5.24. The summed E-state index contributed by atoms with van der Waals surface area (Å²) in [5.74, 6) is 0.676. The number of aromatic nitrogens is 1. The molecule has 0 bridgehead atoms. The second-order valence-electron chi connectivity index (χ2n) is 4.90. The molecule has 3 nitrogen and oxygen atoms in total. The van der Waals surface area contributed by atoms with Gasteiger partial charge in [0.15, 0.2) is 0 Å². The van der Waals surface area contributed by atoms with Crippen molar-refractivity contribution in [3.05, 3.63) is 29.1 Å². The highest BCUT2D eigenvalue weighted by Gasteiger charge is 2.24. The van der Waals surface area contributed by atoms with Crippen molar-refractivity contribution in [1.82, 2.24) is 10.3 Å². The summed E-state index contributed by atoms with van der Waals surface area (Å²) in [5.41, 5.74) is 3.57. The van der Waals surface area contributed by atoms with Crippen molar-refractivity contribution < 1.29 is 4.74 Å². The van der Waals surface area contributed by atoms with Crippen molar-refractivity contribution >= 4 is 0 Å². The van der Waals surface area contributed by atoms with Gasteiger partial charge in [0.05, 0.1) is 0 Å². The van der Waals surface area contributed by atoms with E-state index in [1.807, 2.05) is 7.05 Å². The molecule has 0 saturated carbocycles. The molecule has 1 atom stereocenters. The molecule has 0 aromatic carbocycles. The van der Waals surface area contributed by atoms with Gasteiger partial charge in [0.2, 0.25) is 0 Å². The Balaban J connectivity index is 2.21. The Morgan fingerprint density at radius 3 is 2.35 bits per heavy atom. The lowest BCUT2D eigenvalue weighted by Gasteiger charge is -2.30. The number of nitrogens with zero attached hydrogens (tertiary/aromatic N) is 1. The van der Waals surface area contributed by atoms with Gasteiger partial charge >= 0.3 is 0 Å². The van der Waals surface area contributed by atoms with Gasteiger partial charge in [0, 0.05) is 30.6 Å². The predicted octanol–water partition coefficient (Wildman–Crippen LogP) is 2.39. The van der Waals surface area contributed by atoms with Crippen LogP contribution in [0.2, 0.25) is 0 Å². The molecule has 1 aliphatic rings. The van der Waals surface area contributed by atoms with Gasteiger partial charge in [-0.05, 0) is 57.4 Å². The summed E-state index contributed by atoms with van der Waals surface area (Å²) in [6.07, 6.45) is 2.29. The molecule has 17 heavy (non-hydrogen) atoms. The average Bonchev–Trinajstić information content (AvgIpc) is 2.30. The minimum Gasteiger partial charge on any atom is -0.381 e. The summed E-state index contributed by atoms with van der Waals surface area (Å²) in [6, 6.07) is 4.83. The van der Waals surface area contributed by atoms with E-state index < -0.39 is 0 Å². The van der Waals surface area contributed by atoms with Crippen LogP contribution in [0.25, 0.3) is 0 Å². The third-order valence-electron chi connectivity index (χ3n) is 3.51. The molecule has 0 aliphatic carbocycles. The first kappa shape index (κ1) is 12.5. The summed E-state index contributed by atoms with van der Waals surface area (Å²) in [6.45, 7) is 5.91. The van der Waals surface area contributed by atoms with E-state index in [0.29, 0.717) is 12.0 Å². The Labute approximate surface area is 104 Å². The highest BCUT2D eigenvalue weighted by atomic mass is 16.5. The third-order valence-corrected chi connectivity index (χ3v) is 3.51. The second-order valence-corrected chi connectivity index (χ2v) is 4.90. The highest BCUT2D eigenvalue weighted by Crippen LogP contribution is 2.30. The van der Waals surface area contributed by atoms with Crippen molar-refractivity contribution in [2.75, 3.05) is 20.3 Å². The Morgan fingerprint density at radius 1 is 1.24 bits per heavy atom. The summed E-state index contributed by atoms with van der Waals surface area (Å²) < 4.78 is 5.44. The van der Waals surface area contributed by atoms with Crippen LogP contribution in [-0.2, 0) is 4.74 Å². The number of rotatable bonds is 3. The standard InChI is InChI=1S/C14H22N2O/c1-10-8-13(9-11(2)16-10)14(15-3)12-4-6-17-7-5-12/h8-9,12,14-15H,4-7H2,1-3H3. The molecule has 1 unspecified atom stereocenters. The van der Waals surface area contributed by atoms with Gasteiger partial charge in [-0.2, -0.15) is 0 Å². The number of hydrogen-bond acceptors (Lipinski definition) is 3. The average molecular weight is 234 g/mol. The van der Waals surface area contributed by atoms with Gasteiger partial charge in [0.25, 0.3) is 0 Å². The summed E-state index contributed by atoms with van der Waals surface area (Å²) in [7, 11) is 2.05. The van der Waals surface area contributed by atoms with Gasteiger partial charge < -0.3 is 10.1 Å². The maximum absolute atomic E-state index is 5.44. The topological polar surface area (TPSA) is 34.2 Å². The van der Waals surface area contributed by atoms with Gasteiger partial charge in [-0.3, -0.25) is 4.98 Å². The van der Waals surface area contributed by atoms with Gasteiger partial charge in [-0.25, -0.2) is 0 Å². The lowest BCUT2D eigenvalue weighted by atomic mass is 9.87. The van der Waals surface area contributed by atoms with Crippen LogP contribution >= 0.6 is 0 Å². The Kier molecular flexibility index (Phi) is 4.13. The van der Waals surface area contributed by atoms with Crippen molar-refractivity contribution in [3.8, 4) is 0 Å². The van der Waals surface area contributed by atoms with Crippen LogP contribution in [0.5, 0.6) is 0 Å². The predicted molar refractivity (Wildman–Crippen MR) is 69.1 cm³/mol. The van der Waals surface area contributed by atoms with Crippen molar-refractivity contribution in [2.45, 2.75) is 32.7 Å². The van der Waals surface area contributed by atoms with Crippen LogP contribution in [0.4, 0.5) is 0 Å². The maximum atomic E-state index is 5.44. The minimum absolute atomic E-state index is 0.430. The van der Waals surface area contributed by atoms with E-state index in [-0.39, 0.29) is 0 Å². The van der Waals surface area contributed by atoms with E-state index in [0.717, 1.165) is 37.4 Å². The Morgan fingerprint density at radius 2 is 1.82 bits per heavy atom. The molecule has 1 fully saturated rings. The number of ether oxygens (including phenoxy) is 1. The lowest BCUT2D eigenvalue weighted by molar-refractivity contribution is 0.0546. The third kappa shape index (κ3) is 3.05. The fraction of sp³-hybridized carbons (Fsp3) is 0.643. The van der Waals surface area contributed by atoms with Crippen LogP contribution in [-0.4, -0.2) is 25.2 Å². The quantitative estimate of drug-likeness (QED) is 0.872. The zero-order valence-electron chi connectivity index (χ0n) is 11.0. The van der Waals surface area contributed by atoms with E-state index in [9.17, 15) is 0 Å². The van der Waals surface area contributed by atoms with Gasteiger partial charge in [0.1, 0.15) is 0 Å². The van der Waals surface area contributed by atoms with Crippen LogP contribution in [0.1, 0.15) is 35.8 Å². The number of hydrogen-bond donors (Lipinski definition) is 1. The molecule has 0 amide bonds. The number of pyridine rings is 1. The molecule has 1 aliphatic heterocycles. The van der Waals surface area contributed by atoms with Crippen LogP contribution in [0.3, 0.4) is 0 Å². The Hall–Kier alpha value is -0.930. The summed E-state index contributed by atoms with van der Waals surface area (Å²) in [5, 5.41) is 3.46. The lowest BCUT2D eigenvalue weighted by Crippen LogP contribution is -2.30. The van der Waals surface area contributed by atoms with Crippen LogP contribution in [0, 0.1) is 19.8 Å². The Bertz CT molecular complexity index is 352. The molecule has 1 aromatic heterocycles. The van der Waals surface area contributed by atoms with E-state index in [4.69, 9.17) is 4.74 Å². The maximum Gasteiger partial charge on any atom is 0.0469 e. The van der Waals surface area contributed by atoms with Crippen molar-refractivity contribution in [2.24, 2.45) is 5.92 Å². The van der Waals surface area contributed by atoms with Gasteiger partial charge in [-0.15, -0.1) is 0 Å². The fourth-order valence-electron chi connectivity index (χ4n) is 2.77. The smallest absolute Gasteiger partial charge is 0.0469 e. The first-order chi connectivity index (χ1) is 8.20. The summed E-state index contributed by atoms with van der Waals surface area (Å²) in [4.78, 5) is 4.44. The van der Waals surface area contributed by atoms with E-state index >= 15 is 0 Å².